The van der Waals surface area contributed by atoms with E-state index in [0.29, 0.717) is 5.92 Å². The Morgan fingerprint density at radius 3 is 2.50 bits per heavy atom. The zero-order chi connectivity index (χ0) is 11.8. The number of hydrogen-bond donors (Lipinski definition) is 1. The third-order valence-electron chi connectivity index (χ3n) is 2.93. The lowest BCUT2D eigenvalue weighted by atomic mass is 10.0. The van der Waals surface area contributed by atoms with Crippen molar-refractivity contribution < 1.29 is 0 Å². The first-order chi connectivity index (χ1) is 7.75. The van der Waals surface area contributed by atoms with E-state index in [1.165, 1.54) is 36.9 Å². The number of hydrogen-bond acceptors (Lipinski definition) is 1. The maximum Gasteiger partial charge on any atom is 0.0375 e. The molecule has 0 aromatic heterocycles. The maximum atomic E-state index is 3.55. The van der Waals surface area contributed by atoms with Crippen molar-refractivity contribution in [2.45, 2.75) is 52.4 Å². The van der Waals surface area contributed by atoms with Crippen LogP contribution in [0.5, 0.6) is 0 Å². The van der Waals surface area contributed by atoms with Crippen LogP contribution in [0.15, 0.2) is 24.3 Å². The standard InChI is InChI=1S/C15H25N/c1-4-5-6-9-12-16-15-11-8-7-10-14(15)13(2)3/h7-8,10-11,13,16H,4-6,9,12H2,1-3H3. The molecule has 1 aromatic rings. The Balaban J connectivity index is 2.41. The van der Waals surface area contributed by atoms with Crippen molar-refractivity contribution in [3.8, 4) is 0 Å². The molecule has 0 aliphatic rings. The molecule has 0 saturated carbocycles. The van der Waals surface area contributed by atoms with Gasteiger partial charge in [0.05, 0.1) is 0 Å². The molecule has 0 heterocycles. The van der Waals surface area contributed by atoms with Crippen LogP contribution >= 0.6 is 0 Å². The predicted molar refractivity (Wildman–Crippen MR) is 73.2 cm³/mol. The summed E-state index contributed by atoms with van der Waals surface area (Å²) in [5.41, 5.74) is 2.74. The summed E-state index contributed by atoms with van der Waals surface area (Å²) < 4.78 is 0. The van der Waals surface area contributed by atoms with Crippen molar-refractivity contribution in [2.75, 3.05) is 11.9 Å². The van der Waals surface area contributed by atoms with Crippen LogP contribution in [-0.4, -0.2) is 6.54 Å². The molecule has 1 rings (SSSR count). The van der Waals surface area contributed by atoms with Crippen LogP contribution in [0.3, 0.4) is 0 Å². The Labute approximate surface area is 100 Å². The second kappa shape index (κ2) is 7.32. The van der Waals surface area contributed by atoms with E-state index in [1.807, 2.05) is 0 Å². The highest BCUT2D eigenvalue weighted by Crippen LogP contribution is 2.23. The molecule has 1 N–H and O–H groups in total. The number of rotatable bonds is 7. The van der Waals surface area contributed by atoms with Gasteiger partial charge in [0.25, 0.3) is 0 Å². The number of nitrogens with one attached hydrogen (secondary N) is 1. The highest BCUT2D eigenvalue weighted by atomic mass is 14.9. The number of unbranched alkanes of at least 4 members (excludes halogenated alkanes) is 3. The molecule has 0 bridgehead atoms. The van der Waals surface area contributed by atoms with Gasteiger partial charge < -0.3 is 5.32 Å². The first kappa shape index (κ1) is 13.1. The average Bonchev–Trinajstić information content (AvgIpc) is 2.29. The Morgan fingerprint density at radius 2 is 1.81 bits per heavy atom. The summed E-state index contributed by atoms with van der Waals surface area (Å²) in [6.07, 6.45) is 5.28. The van der Waals surface area contributed by atoms with Gasteiger partial charge in [-0.3, -0.25) is 0 Å². The van der Waals surface area contributed by atoms with Crippen molar-refractivity contribution in [3.05, 3.63) is 29.8 Å². The van der Waals surface area contributed by atoms with Crippen molar-refractivity contribution >= 4 is 5.69 Å². The molecular weight excluding hydrogens is 194 g/mol. The smallest absolute Gasteiger partial charge is 0.0375 e. The molecule has 16 heavy (non-hydrogen) atoms. The number of benzene rings is 1. The third-order valence-corrected chi connectivity index (χ3v) is 2.93. The number of anilines is 1. The van der Waals surface area contributed by atoms with E-state index in [2.05, 4.69) is 50.4 Å². The minimum atomic E-state index is 0.597. The van der Waals surface area contributed by atoms with Crippen LogP contribution in [0.4, 0.5) is 5.69 Å². The fourth-order valence-corrected chi connectivity index (χ4v) is 1.94. The third kappa shape index (κ3) is 4.26. The topological polar surface area (TPSA) is 12.0 Å². The molecule has 0 aliphatic carbocycles. The van der Waals surface area contributed by atoms with Gasteiger partial charge in [0.15, 0.2) is 0 Å². The van der Waals surface area contributed by atoms with E-state index in [0.717, 1.165) is 6.54 Å². The van der Waals surface area contributed by atoms with Gasteiger partial charge in [-0.05, 0) is 24.0 Å². The first-order valence-electron chi connectivity index (χ1n) is 6.58. The summed E-state index contributed by atoms with van der Waals surface area (Å²) in [5.74, 6) is 0.597. The van der Waals surface area contributed by atoms with Crippen molar-refractivity contribution in [3.63, 3.8) is 0 Å². The zero-order valence-electron chi connectivity index (χ0n) is 10.9. The summed E-state index contributed by atoms with van der Waals surface area (Å²) in [5, 5.41) is 3.55. The minimum absolute atomic E-state index is 0.597. The molecule has 0 saturated heterocycles. The Kier molecular flexibility index (Phi) is 5.99. The van der Waals surface area contributed by atoms with Crippen LogP contribution in [0.25, 0.3) is 0 Å². The second-order valence-corrected chi connectivity index (χ2v) is 4.73. The maximum absolute atomic E-state index is 3.55. The van der Waals surface area contributed by atoms with E-state index in [4.69, 9.17) is 0 Å². The molecule has 0 atom stereocenters. The van der Waals surface area contributed by atoms with Gasteiger partial charge >= 0.3 is 0 Å². The van der Waals surface area contributed by atoms with Gasteiger partial charge in [0, 0.05) is 12.2 Å². The highest BCUT2D eigenvalue weighted by Gasteiger charge is 2.04. The molecule has 90 valence electrons. The lowest BCUT2D eigenvalue weighted by Crippen LogP contribution is -2.04. The monoisotopic (exact) mass is 219 g/mol. The van der Waals surface area contributed by atoms with Gasteiger partial charge in [-0.15, -0.1) is 0 Å². The largest absolute Gasteiger partial charge is 0.385 e. The van der Waals surface area contributed by atoms with Crippen LogP contribution in [0.2, 0.25) is 0 Å². The molecule has 1 aromatic carbocycles. The fourth-order valence-electron chi connectivity index (χ4n) is 1.94. The Hall–Kier alpha value is -0.980. The van der Waals surface area contributed by atoms with E-state index in [-0.39, 0.29) is 0 Å². The Morgan fingerprint density at radius 1 is 1.06 bits per heavy atom. The molecule has 1 heteroatoms. The summed E-state index contributed by atoms with van der Waals surface area (Å²) in [7, 11) is 0. The summed E-state index contributed by atoms with van der Waals surface area (Å²) >= 11 is 0. The summed E-state index contributed by atoms with van der Waals surface area (Å²) in [6.45, 7) is 7.85. The van der Waals surface area contributed by atoms with E-state index < -0.39 is 0 Å². The zero-order valence-corrected chi connectivity index (χ0v) is 10.9. The van der Waals surface area contributed by atoms with Gasteiger partial charge in [-0.1, -0.05) is 58.2 Å². The fraction of sp³-hybridized carbons (Fsp3) is 0.600. The lowest BCUT2D eigenvalue weighted by molar-refractivity contribution is 0.684. The summed E-state index contributed by atoms with van der Waals surface area (Å²) in [6, 6.07) is 8.64. The van der Waals surface area contributed by atoms with Crippen LogP contribution in [-0.2, 0) is 0 Å². The molecule has 0 aliphatic heterocycles. The van der Waals surface area contributed by atoms with E-state index in [9.17, 15) is 0 Å². The van der Waals surface area contributed by atoms with Crippen molar-refractivity contribution in [1.82, 2.24) is 0 Å². The van der Waals surface area contributed by atoms with Gasteiger partial charge in [-0.25, -0.2) is 0 Å². The second-order valence-electron chi connectivity index (χ2n) is 4.73. The average molecular weight is 219 g/mol. The SMILES string of the molecule is CCCCCCNc1ccccc1C(C)C. The Bertz CT molecular complexity index is 291. The summed E-state index contributed by atoms with van der Waals surface area (Å²) in [4.78, 5) is 0. The molecule has 0 unspecified atom stereocenters. The quantitative estimate of drug-likeness (QED) is 0.649. The van der Waals surface area contributed by atoms with Crippen LogP contribution in [0, 0.1) is 0 Å². The molecule has 1 nitrogen and oxygen atoms in total. The van der Waals surface area contributed by atoms with Crippen molar-refractivity contribution in [1.29, 1.82) is 0 Å². The molecule has 0 radical (unpaired) electrons. The molecule has 0 spiro atoms. The first-order valence-corrected chi connectivity index (χ1v) is 6.58. The minimum Gasteiger partial charge on any atom is -0.385 e. The predicted octanol–water partition coefficient (Wildman–Crippen LogP) is 4.80. The van der Waals surface area contributed by atoms with E-state index >= 15 is 0 Å². The van der Waals surface area contributed by atoms with Gasteiger partial charge in [0.1, 0.15) is 0 Å². The van der Waals surface area contributed by atoms with Crippen molar-refractivity contribution in [2.24, 2.45) is 0 Å². The molecule has 0 amide bonds. The highest BCUT2D eigenvalue weighted by molar-refractivity contribution is 5.52. The van der Waals surface area contributed by atoms with Gasteiger partial charge in [-0.2, -0.15) is 0 Å². The van der Waals surface area contributed by atoms with Crippen LogP contribution in [0.1, 0.15) is 57.9 Å². The van der Waals surface area contributed by atoms with Crippen LogP contribution < -0.4 is 5.32 Å². The molecule has 0 fully saturated rings. The van der Waals surface area contributed by atoms with Gasteiger partial charge in [0.2, 0.25) is 0 Å². The lowest BCUT2D eigenvalue weighted by Gasteiger charge is -2.14. The van der Waals surface area contributed by atoms with E-state index in [1.54, 1.807) is 0 Å². The normalized spacial score (nSPS) is 10.8. The molecular formula is C15H25N. The number of para-hydroxylation sites is 1.